The molecule has 8 heteroatoms. The topological polar surface area (TPSA) is 46.6 Å². The lowest BCUT2D eigenvalue weighted by Gasteiger charge is -2.16. The number of rotatable bonds is 8. The van der Waals surface area contributed by atoms with Crippen LogP contribution in [0.3, 0.4) is 0 Å². The number of carbonyl (C=O) groups is 2. The molecule has 0 aliphatic carbocycles. The Morgan fingerprint density at radius 2 is 1.94 bits per heavy atom. The standard InChI is InChI=1S/C23H25F2NO3S2/c1-26(2)23(28)19-13-15(18-9-8-16(24)14-20(18)25)7-10-21(19)29-22(27)6-4-3-5-17-11-12-30-31-17/h7-10,13-14,17H,3-6,11-12H2,1-2H3. The van der Waals surface area contributed by atoms with Crippen molar-refractivity contribution in [3.63, 3.8) is 0 Å². The molecule has 0 N–H and O–H groups in total. The highest BCUT2D eigenvalue weighted by molar-refractivity contribution is 8.77. The molecule has 1 fully saturated rings. The number of hydrogen-bond acceptors (Lipinski definition) is 5. The molecule has 1 atom stereocenters. The van der Waals surface area contributed by atoms with Crippen molar-refractivity contribution in [1.29, 1.82) is 0 Å². The molecule has 0 radical (unpaired) electrons. The fraction of sp³-hybridized carbons (Fsp3) is 0.391. The third-order valence-electron chi connectivity index (χ3n) is 4.97. The molecule has 3 rings (SSSR count). The van der Waals surface area contributed by atoms with Gasteiger partial charge in [0, 0.05) is 43.1 Å². The lowest BCUT2D eigenvalue weighted by atomic mass is 10.0. The van der Waals surface area contributed by atoms with Gasteiger partial charge in [0.1, 0.15) is 17.4 Å². The van der Waals surface area contributed by atoms with Gasteiger partial charge >= 0.3 is 5.97 Å². The Morgan fingerprint density at radius 3 is 2.61 bits per heavy atom. The molecular formula is C23H25F2NO3S2. The summed E-state index contributed by atoms with van der Waals surface area (Å²) in [5, 5.41) is 0.671. The highest BCUT2D eigenvalue weighted by Crippen LogP contribution is 2.40. The molecule has 1 amide bonds. The molecule has 1 unspecified atom stereocenters. The summed E-state index contributed by atoms with van der Waals surface area (Å²) in [5.41, 5.74) is 0.711. The van der Waals surface area contributed by atoms with E-state index in [2.05, 4.69) is 0 Å². The molecule has 2 aromatic rings. The summed E-state index contributed by atoms with van der Waals surface area (Å²) in [6.07, 6.45) is 4.27. The largest absolute Gasteiger partial charge is 0.426 e. The van der Waals surface area contributed by atoms with Gasteiger partial charge < -0.3 is 9.64 Å². The molecule has 0 spiro atoms. The third kappa shape index (κ3) is 6.46. The van der Waals surface area contributed by atoms with Crippen LogP contribution in [0.15, 0.2) is 36.4 Å². The van der Waals surface area contributed by atoms with Crippen molar-refractivity contribution < 1.29 is 23.1 Å². The van der Waals surface area contributed by atoms with Crippen molar-refractivity contribution >= 4 is 33.5 Å². The highest BCUT2D eigenvalue weighted by atomic mass is 33.1. The van der Waals surface area contributed by atoms with Crippen molar-refractivity contribution in [3.05, 3.63) is 53.6 Å². The van der Waals surface area contributed by atoms with Crippen LogP contribution in [-0.4, -0.2) is 41.9 Å². The number of ether oxygens (including phenoxy) is 1. The van der Waals surface area contributed by atoms with E-state index in [0.29, 0.717) is 10.8 Å². The second kappa shape index (κ2) is 11.0. The molecular weight excluding hydrogens is 440 g/mol. The maximum atomic E-state index is 14.2. The average molecular weight is 466 g/mol. The van der Waals surface area contributed by atoms with Crippen LogP contribution in [0.2, 0.25) is 0 Å². The number of benzene rings is 2. The third-order valence-corrected chi connectivity index (χ3v) is 7.97. The summed E-state index contributed by atoms with van der Waals surface area (Å²) in [4.78, 5) is 26.4. The van der Waals surface area contributed by atoms with Crippen LogP contribution in [0.1, 0.15) is 42.5 Å². The quantitative estimate of drug-likeness (QED) is 0.209. The maximum Gasteiger partial charge on any atom is 0.311 e. The van der Waals surface area contributed by atoms with Gasteiger partial charge in [-0.1, -0.05) is 34.1 Å². The Hall–Kier alpha value is -2.06. The first kappa shape index (κ1) is 23.6. The molecule has 0 aromatic heterocycles. The Morgan fingerprint density at radius 1 is 1.13 bits per heavy atom. The summed E-state index contributed by atoms with van der Waals surface area (Å²) < 4.78 is 32.9. The molecule has 31 heavy (non-hydrogen) atoms. The normalized spacial score (nSPS) is 15.7. The molecule has 1 aliphatic heterocycles. The Kier molecular flexibility index (Phi) is 8.37. The van der Waals surface area contributed by atoms with E-state index in [4.69, 9.17) is 4.74 Å². The number of esters is 1. The van der Waals surface area contributed by atoms with E-state index in [9.17, 15) is 18.4 Å². The lowest BCUT2D eigenvalue weighted by Crippen LogP contribution is -2.23. The number of carbonyl (C=O) groups excluding carboxylic acids is 2. The zero-order chi connectivity index (χ0) is 22.4. The molecule has 1 aliphatic rings. The molecule has 0 bridgehead atoms. The van der Waals surface area contributed by atoms with E-state index in [0.717, 1.165) is 31.4 Å². The van der Waals surface area contributed by atoms with Gasteiger partial charge in [-0.05, 0) is 49.1 Å². The summed E-state index contributed by atoms with van der Waals surface area (Å²) >= 11 is 0. The predicted molar refractivity (Wildman–Crippen MR) is 122 cm³/mol. The van der Waals surface area contributed by atoms with Crippen LogP contribution < -0.4 is 4.74 Å². The summed E-state index contributed by atoms with van der Waals surface area (Å²) in [5.74, 6) is -0.853. The van der Waals surface area contributed by atoms with E-state index < -0.39 is 17.6 Å². The molecule has 1 saturated heterocycles. The van der Waals surface area contributed by atoms with E-state index in [-0.39, 0.29) is 29.2 Å². The van der Waals surface area contributed by atoms with Gasteiger partial charge in [-0.2, -0.15) is 0 Å². The molecule has 1 heterocycles. The maximum absolute atomic E-state index is 14.2. The number of amides is 1. The van der Waals surface area contributed by atoms with Gasteiger partial charge in [0.2, 0.25) is 0 Å². The highest BCUT2D eigenvalue weighted by Gasteiger charge is 2.20. The molecule has 166 valence electrons. The van der Waals surface area contributed by atoms with Crippen LogP contribution in [0.4, 0.5) is 8.78 Å². The molecule has 0 saturated carbocycles. The first-order valence-electron chi connectivity index (χ1n) is 10.1. The smallest absolute Gasteiger partial charge is 0.311 e. The average Bonchev–Trinajstić information content (AvgIpc) is 3.25. The van der Waals surface area contributed by atoms with Gasteiger partial charge in [0.05, 0.1) is 5.56 Å². The van der Waals surface area contributed by atoms with Crippen molar-refractivity contribution in [2.24, 2.45) is 0 Å². The molecule has 4 nitrogen and oxygen atoms in total. The lowest BCUT2D eigenvalue weighted by molar-refractivity contribution is -0.134. The zero-order valence-electron chi connectivity index (χ0n) is 17.5. The van der Waals surface area contributed by atoms with Crippen molar-refractivity contribution in [2.75, 3.05) is 19.8 Å². The van der Waals surface area contributed by atoms with Gasteiger partial charge in [-0.3, -0.25) is 9.59 Å². The van der Waals surface area contributed by atoms with Gasteiger partial charge in [0.15, 0.2) is 0 Å². The van der Waals surface area contributed by atoms with Gasteiger partial charge in [-0.15, -0.1) is 0 Å². The fourth-order valence-corrected chi connectivity index (χ4v) is 6.33. The van der Waals surface area contributed by atoms with Crippen LogP contribution in [0.25, 0.3) is 11.1 Å². The Labute approximate surface area is 189 Å². The monoisotopic (exact) mass is 465 g/mol. The second-order valence-electron chi connectivity index (χ2n) is 7.58. The Balaban J connectivity index is 1.71. The number of nitrogens with zero attached hydrogens (tertiary/aromatic N) is 1. The minimum atomic E-state index is -0.730. The number of unbranched alkanes of at least 4 members (excludes halogenated alkanes) is 1. The number of hydrogen-bond donors (Lipinski definition) is 0. The Bertz CT molecular complexity index is 946. The predicted octanol–water partition coefficient (Wildman–Crippen LogP) is 5.95. The zero-order valence-corrected chi connectivity index (χ0v) is 19.2. The summed E-state index contributed by atoms with van der Waals surface area (Å²) in [7, 11) is 6.99. The van der Waals surface area contributed by atoms with Crippen LogP contribution >= 0.6 is 21.6 Å². The first-order chi connectivity index (χ1) is 14.8. The van der Waals surface area contributed by atoms with E-state index in [1.54, 1.807) is 20.2 Å². The SMILES string of the molecule is CN(C)C(=O)c1cc(-c2ccc(F)cc2F)ccc1OC(=O)CCCCC1CCSS1. The summed E-state index contributed by atoms with van der Waals surface area (Å²) in [6.45, 7) is 0. The summed E-state index contributed by atoms with van der Waals surface area (Å²) in [6, 6.07) is 7.77. The van der Waals surface area contributed by atoms with Crippen molar-refractivity contribution in [2.45, 2.75) is 37.4 Å². The van der Waals surface area contributed by atoms with E-state index >= 15 is 0 Å². The second-order valence-corrected chi connectivity index (χ2v) is 10.4. The fourth-order valence-electron chi connectivity index (χ4n) is 3.30. The van der Waals surface area contributed by atoms with E-state index in [1.165, 1.54) is 35.3 Å². The molecule has 2 aromatic carbocycles. The van der Waals surface area contributed by atoms with Crippen LogP contribution in [-0.2, 0) is 4.79 Å². The number of halogens is 2. The van der Waals surface area contributed by atoms with Crippen LogP contribution in [0, 0.1) is 11.6 Å². The first-order valence-corrected chi connectivity index (χ1v) is 12.5. The minimum Gasteiger partial charge on any atom is -0.426 e. The van der Waals surface area contributed by atoms with Gasteiger partial charge in [-0.25, -0.2) is 8.78 Å². The van der Waals surface area contributed by atoms with E-state index in [1.807, 2.05) is 21.6 Å². The van der Waals surface area contributed by atoms with Crippen molar-refractivity contribution in [1.82, 2.24) is 4.90 Å². The van der Waals surface area contributed by atoms with Crippen LogP contribution in [0.5, 0.6) is 5.75 Å². The van der Waals surface area contributed by atoms with Gasteiger partial charge in [0.25, 0.3) is 5.91 Å². The van der Waals surface area contributed by atoms with Crippen molar-refractivity contribution in [3.8, 4) is 16.9 Å². The minimum absolute atomic E-state index is 0.137.